The lowest BCUT2D eigenvalue weighted by Gasteiger charge is -2.02. The van der Waals surface area contributed by atoms with E-state index in [-0.39, 0.29) is 5.91 Å². The molecule has 3 aromatic rings. The summed E-state index contributed by atoms with van der Waals surface area (Å²) in [6.07, 6.45) is 3.68. The molecule has 0 bridgehead atoms. The molecule has 0 saturated carbocycles. The summed E-state index contributed by atoms with van der Waals surface area (Å²) in [5.41, 5.74) is 1.87. The normalized spacial score (nSPS) is 10.8. The number of nitrogens with zero attached hydrogens (tertiary/aromatic N) is 4. The average molecular weight is 270 g/mol. The Morgan fingerprint density at radius 3 is 3.05 bits per heavy atom. The van der Waals surface area contributed by atoms with Gasteiger partial charge >= 0.3 is 0 Å². The summed E-state index contributed by atoms with van der Waals surface area (Å²) in [5, 5.41) is 10.3. The number of fused-ring (bicyclic) bond motifs is 1. The fourth-order valence-corrected chi connectivity index (χ4v) is 1.93. The minimum atomic E-state index is -0.0408. The van der Waals surface area contributed by atoms with Gasteiger partial charge in [-0.1, -0.05) is 17.3 Å². The molecule has 0 aliphatic heterocycles. The lowest BCUT2D eigenvalue weighted by molar-refractivity contribution is -0.121. The van der Waals surface area contributed by atoms with Gasteiger partial charge in [-0.05, 0) is 12.1 Å². The van der Waals surface area contributed by atoms with E-state index in [4.69, 9.17) is 0 Å². The first-order valence-corrected chi connectivity index (χ1v) is 6.36. The minimum absolute atomic E-state index is 0.0408. The van der Waals surface area contributed by atoms with Crippen LogP contribution in [0.15, 0.2) is 36.7 Å². The summed E-state index contributed by atoms with van der Waals surface area (Å²) in [6.45, 7) is 0.914. The van der Waals surface area contributed by atoms with Crippen LogP contribution in [0.4, 0.5) is 0 Å². The van der Waals surface area contributed by atoms with Crippen molar-refractivity contribution in [1.29, 1.82) is 0 Å². The third-order valence-corrected chi connectivity index (χ3v) is 2.93. The largest absolute Gasteiger partial charge is 0.349 e. The number of aryl methyl sites for hydroxylation is 1. The number of rotatable bonds is 5. The number of amides is 1. The number of hydrogen-bond donors (Lipinski definition) is 2. The van der Waals surface area contributed by atoms with Crippen LogP contribution in [-0.4, -0.2) is 30.9 Å². The second-order valence-corrected chi connectivity index (χ2v) is 4.39. The number of nitrogens with one attached hydrogen (secondary N) is 2. The molecule has 0 radical (unpaired) electrons. The SMILES string of the molecule is O=C(CCn1ccnn1)NCc1nc2ccccc2[nH]1. The van der Waals surface area contributed by atoms with Crippen molar-refractivity contribution in [2.24, 2.45) is 0 Å². The van der Waals surface area contributed by atoms with Gasteiger partial charge in [0.1, 0.15) is 5.82 Å². The molecule has 0 atom stereocenters. The van der Waals surface area contributed by atoms with Crippen molar-refractivity contribution >= 4 is 16.9 Å². The van der Waals surface area contributed by atoms with Crippen LogP contribution in [0.3, 0.4) is 0 Å². The van der Waals surface area contributed by atoms with Gasteiger partial charge in [-0.15, -0.1) is 5.10 Å². The van der Waals surface area contributed by atoms with Gasteiger partial charge in [0.2, 0.25) is 5.91 Å². The number of benzene rings is 1. The smallest absolute Gasteiger partial charge is 0.222 e. The highest BCUT2D eigenvalue weighted by Gasteiger charge is 2.05. The summed E-state index contributed by atoms with van der Waals surface area (Å²) >= 11 is 0. The van der Waals surface area contributed by atoms with E-state index in [2.05, 4.69) is 25.6 Å². The molecule has 2 aromatic heterocycles. The fraction of sp³-hybridized carbons (Fsp3) is 0.231. The molecule has 3 rings (SSSR count). The van der Waals surface area contributed by atoms with Crippen LogP contribution in [0, 0.1) is 0 Å². The minimum Gasteiger partial charge on any atom is -0.349 e. The molecule has 7 heteroatoms. The van der Waals surface area contributed by atoms with E-state index >= 15 is 0 Å². The molecule has 0 saturated heterocycles. The first kappa shape index (κ1) is 12.3. The van der Waals surface area contributed by atoms with E-state index in [0.29, 0.717) is 19.5 Å². The van der Waals surface area contributed by atoms with Crippen molar-refractivity contribution in [3.05, 3.63) is 42.5 Å². The molecule has 0 fully saturated rings. The maximum absolute atomic E-state index is 11.7. The molecule has 2 N–H and O–H groups in total. The highest BCUT2D eigenvalue weighted by Crippen LogP contribution is 2.09. The average Bonchev–Trinajstić information content (AvgIpc) is 3.11. The molecule has 1 aromatic carbocycles. The molecule has 0 aliphatic rings. The van der Waals surface area contributed by atoms with E-state index in [1.165, 1.54) is 0 Å². The summed E-state index contributed by atoms with van der Waals surface area (Å²) in [6, 6.07) is 7.77. The zero-order chi connectivity index (χ0) is 13.8. The zero-order valence-corrected chi connectivity index (χ0v) is 10.8. The van der Waals surface area contributed by atoms with Gasteiger partial charge in [0, 0.05) is 12.6 Å². The van der Waals surface area contributed by atoms with Crippen molar-refractivity contribution in [3.63, 3.8) is 0 Å². The van der Waals surface area contributed by atoms with Gasteiger partial charge in [-0.3, -0.25) is 9.48 Å². The summed E-state index contributed by atoms with van der Waals surface area (Å²) in [5.74, 6) is 0.710. The number of aromatic amines is 1. The number of carbonyl (C=O) groups is 1. The molecular formula is C13H14N6O. The van der Waals surface area contributed by atoms with E-state index in [0.717, 1.165) is 16.9 Å². The topological polar surface area (TPSA) is 88.5 Å². The Morgan fingerprint density at radius 2 is 2.25 bits per heavy atom. The van der Waals surface area contributed by atoms with Crippen molar-refractivity contribution < 1.29 is 4.79 Å². The summed E-state index contributed by atoms with van der Waals surface area (Å²) in [4.78, 5) is 19.3. The Balaban J connectivity index is 1.52. The van der Waals surface area contributed by atoms with E-state index in [9.17, 15) is 4.79 Å². The lowest BCUT2D eigenvalue weighted by Crippen LogP contribution is -2.24. The van der Waals surface area contributed by atoms with E-state index in [1.807, 2.05) is 24.3 Å². The second-order valence-electron chi connectivity index (χ2n) is 4.39. The van der Waals surface area contributed by atoms with Crippen molar-refractivity contribution in [3.8, 4) is 0 Å². The van der Waals surface area contributed by atoms with E-state index in [1.54, 1.807) is 17.1 Å². The number of aromatic nitrogens is 5. The van der Waals surface area contributed by atoms with Crippen LogP contribution in [-0.2, 0) is 17.9 Å². The Hall–Kier alpha value is -2.70. The Labute approximate surface area is 115 Å². The number of hydrogen-bond acceptors (Lipinski definition) is 4. The Bertz CT molecular complexity index is 670. The predicted molar refractivity (Wildman–Crippen MR) is 72.6 cm³/mol. The highest BCUT2D eigenvalue weighted by molar-refractivity contribution is 5.76. The van der Waals surface area contributed by atoms with Gasteiger partial charge in [0.25, 0.3) is 0 Å². The predicted octanol–water partition coefficient (Wildman–Crippen LogP) is 0.861. The monoisotopic (exact) mass is 270 g/mol. The zero-order valence-electron chi connectivity index (χ0n) is 10.8. The molecular weight excluding hydrogens is 256 g/mol. The number of para-hydroxylation sites is 2. The third-order valence-electron chi connectivity index (χ3n) is 2.93. The molecule has 20 heavy (non-hydrogen) atoms. The molecule has 102 valence electrons. The first-order chi connectivity index (χ1) is 9.81. The van der Waals surface area contributed by atoms with Gasteiger partial charge < -0.3 is 10.3 Å². The van der Waals surface area contributed by atoms with Crippen molar-refractivity contribution in [2.75, 3.05) is 0 Å². The fourth-order valence-electron chi connectivity index (χ4n) is 1.93. The van der Waals surface area contributed by atoms with Gasteiger partial charge in [0.05, 0.1) is 30.3 Å². The Kier molecular flexibility index (Phi) is 3.40. The second kappa shape index (κ2) is 5.52. The third kappa shape index (κ3) is 2.82. The highest BCUT2D eigenvalue weighted by atomic mass is 16.1. The maximum Gasteiger partial charge on any atom is 0.222 e. The first-order valence-electron chi connectivity index (χ1n) is 6.36. The standard InChI is InChI=1S/C13H14N6O/c20-13(5-7-19-8-6-15-18-19)14-9-12-16-10-3-1-2-4-11(10)17-12/h1-4,6,8H,5,7,9H2,(H,14,20)(H,16,17). The Morgan fingerprint density at radius 1 is 1.35 bits per heavy atom. The molecule has 1 amide bonds. The number of carbonyl (C=O) groups excluding carboxylic acids is 1. The molecule has 0 spiro atoms. The lowest BCUT2D eigenvalue weighted by atomic mass is 10.3. The van der Waals surface area contributed by atoms with Gasteiger partial charge in [-0.25, -0.2) is 4.98 Å². The summed E-state index contributed by atoms with van der Waals surface area (Å²) in [7, 11) is 0. The maximum atomic E-state index is 11.7. The van der Waals surface area contributed by atoms with Crippen molar-refractivity contribution in [1.82, 2.24) is 30.3 Å². The van der Waals surface area contributed by atoms with Crippen LogP contribution < -0.4 is 5.32 Å². The quantitative estimate of drug-likeness (QED) is 0.719. The number of H-pyrrole nitrogens is 1. The molecule has 2 heterocycles. The van der Waals surface area contributed by atoms with Gasteiger partial charge in [-0.2, -0.15) is 0 Å². The number of imidazole rings is 1. The van der Waals surface area contributed by atoms with Crippen LogP contribution in [0.2, 0.25) is 0 Å². The molecule has 0 aliphatic carbocycles. The summed E-state index contributed by atoms with van der Waals surface area (Å²) < 4.78 is 1.63. The van der Waals surface area contributed by atoms with Crippen LogP contribution in [0.5, 0.6) is 0 Å². The van der Waals surface area contributed by atoms with Crippen LogP contribution in [0.1, 0.15) is 12.2 Å². The van der Waals surface area contributed by atoms with Crippen LogP contribution in [0.25, 0.3) is 11.0 Å². The van der Waals surface area contributed by atoms with Crippen molar-refractivity contribution in [2.45, 2.75) is 19.5 Å². The van der Waals surface area contributed by atoms with Crippen LogP contribution >= 0.6 is 0 Å². The molecule has 0 unspecified atom stereocenters. The molecule has 7 nitrogen and oxygen atoms in total. The van der Waals surface area contributed by atoms with E-state index < -0.39 is 0 Å². The van der Waals surface area contributed by atoms with Gasteiger partial charge in [0.15, 0.2) is 0 Å².